The van der Waals surface area contributed by atoms with Crippen LogP contribution in [0.1, 0.15) is 19.8 Å². The molecule has 0 saturated carbocycles. The fourth-order valence-electron chi connectivity index (χ4n) is 1.57. The molecule has 0 radical (unpaired) electrons. The van der Waals surface area contributed by atoms with Crippen LogP contribution in [0.3, 0.4) is 0 Å². The summed E-state index contributed by atoms with van der Waals surface area (Å²) in [4.78, 5) is 0. The molecule has 0 amide bonds. The van der Waals surface area contributed by atoms with Crippen LogP contribution in [0.25, 0.3) is 0 Å². The maximum Gasteiger partial charge on any atom is 0.00218 e. The fraction of sp³-hybridized carbons (Fsp3) is 1.00. The van der Waals surface area contributed by atoms with Crippen LogP contribution in [0.15, 0.2) is 0 Å². The standard InChI is InChI=1S/C8H17NS/c1-7-5-8(6-9-2)3-4-10-7/h7-9H,3-6H2,1-2H3. The molecule has 0 bridgehead atoms. The lowest BCUT2D eigenvalue weighted by molar-refractivity contribution is 0.442. The minimum absolute atomic E-state index is 0.895. The van der Waals surface area contributed by atoms with Gasteiger partial charge in [-0.1, -0.05) is 6.92 Å². The first-order valence-electron chi connectivity index (χ1n) is 4.09. The molecule has 1 aliphatic heterocycles. The molecular formula is C8H17NS. The molecular weight excluding hydrogens is 142 g/mol. The van der Waals surface area contributed by atoms with E-state index in [1.807, 2.05) is 7.05 Å². The van der Waals surface area contributed by atoms with Crippen LogP contribution in [0.4, 0.5) is 0 Å². The Hall–Kier alpha value is 0.310. The van der Waals surface area contributed by atoms with Crippen LogP contribution < -0.4 is 5.32 Å². The molecule has 1 saturated heterocycles. The molecule has 2 unspecified atom stereocenters. The van der Waals surface area contributed by atoms with E-state index in [1.165, 1.54) is 25.1 Å². The van der Waals surface area contributed by atoms with Crippen molar-refractivity contribution in [3.8, 4) is 0 Å². The van der Waals surface area contributed by atoms with Crippen molar-refractivity contribution in [2.75, 3.05) is 19.3 Å². The van der Waals surface area contributed by atoms with E-state index in [0.29, 0.717) is 0 Å². The third-order valence-corrected chi connectivity index (χ3v) is 3.32. The van der Waals surface area contributed by atoms with Gasteiger partial charge >= 0.3 is 0 Å². The smallest absolute Gasteiger partial charge is 0.00218 e. The maximum absolute atomic E-state index is 3.25. The molecule has 1 N–H and O–H groups in total. The van der Waals surface area contributed by atoms with Crippen molar-refractivity contribution in [1.29, 1.82) is 0 Å². The van der Waals surface area contributed by atoms with Gasteiger partial charge in [0.2, 0.25) is 0 Å². The Balaban J connectivity index is 2.18. The van der Waals surface area contributed by atoms with Crippen molar-refractivity contribution >= 4 is 11.8 Å². The van der Waals surface area contributed by atoms with E-state index < -0.39 is 0 Å². The summed E-state index contributed by atoms with van der Waals surface area (Å²) in [6.07, 6.45) is 2.82. The first-order valence-corrected chi connectivity index (χ1v) is 5.14. The molecule has 0 aliphatic carbocycles. The van der Waals surface area contributed by atoms with Gasteiger partial charge in [-0.25, -0.2) is 0 Å². The van der Waals surface area contributed by atoms with Crippen molar-refractivity contribution in [3.05, 3.63) is 0 Å². The summed E-state index contributed by atoms with van der Waals surface area (Å²) in [7, 11) is 2.05. The van der Waals surface area contributed by atoms with Gasteiger partial charge in [-0.05, 0) is 38.1 Å². The van der Waals surface area contributed by atoms with E-state index in [-0.39, 0.29) is 0 Å². The second-order valence-corrected chi connectivity index (χ2v) is 4.68. The first kappa shape index (κ1) is 8.41. The summed E-state index contributed by atoms with van der Waals surface area (Å²) in [5, 5.41) is 4.14. The number of rotatable bonds is 2. The highest BCUT2D eigenvalue weighted by Gasteiger charge is 2.17. The largest absolute Gasteiger partial charge is 0.319 e. The average molecular weight is 159 g/mol. The SMILES string of the molecule is CNCC1CCSC(C)C1. The van der Waals surface area contributed by atoms with E-state index in [1.54, 1.807) is 0 Å². The molecule has 1 fully saturated rings. The van der Waals surface area contributed by atoms with Gasteiger partial charge in [0.05, 0.1) is 0 Å². The van der Waals surface area contributed by atoms with Crippen LogP contribution in [0.2, 0.25) is 0 Å². The molecule has 1 rings (SSSR count). The Bertz CT molecular complexity index is 93.3. The normalized spacial score (nSPS) is 34.2. The molecule has 2 heteroatoms. The molecule has 1 aliphatic rings. The summed E-state index contributed by atoms with van der Waals surface area (Å²) in [6.45, 7) is 3.55. The number of hydrogen-bond donors (Lipinski definition) is 1. The van der Waals surface area contributed by atoms with Gasteiger partial charge in [-0.2, -0.15) is 11.8 Å². The molecule has 1 heterocycles. The molecule has 0 aromatic carbocycles. The zero-order valence-corrected chi connectivity index (χ0v) is 7.71. The molecule has 10 heavy (non-hydrogen) atoms. The second-order valence-electron chi connectivity index (χ2n) is 3.13. The van der Waals surface area contributed by atoms with Crippen LogP contribution in [0.5, 0.6) is 0 Å². The van der Waals surface area contributed by atoms with Crippen LogP contribution in [0, 0.1) is 5.92 Å². The van der Waals surface area contributed by atoms with E-state index in [9.17, 15) is 0 Å². The predicted molar refractivity (Wildman–Crippen MR) is 48.6 cm³/mol. The van der Waals surface area contributed by atoms with Gasteiger partial charge in [0.25, 0.3) is 0 Å². The third kappa shape index (κ3) is 2.51. The molecule has 0 aromatic rings. The molecule has 1 nitrogen and oxygen atoms in total. The van der Waals surface area contributed by atoms with E-state index >= 15 is 0 Å². The maximum atomic E-state index is 3.25. The highest BCUT2D eigenvalue weighted by Crippen LogP contribution is 2.28. The van der Waals surface area contributed by atoms with Crippen LogP contribution in [-0.4, -0.2) is 24.6 Å². The summed E-state index contributed by atoms with van der Waals surface area (Å²) in [5.74, 6) is 2.31. The summed E-state index contributed by atoms with van der Waals surface area (Å²) in [6, 6.07) is 0. The van der Waals surface area contributed by atoms with E-state index in [0.717, 1.165) is 11.2 Å². The van der Waals surface area contributed by atoms with Gasteiger partial charge in [0.1, 0.15) is 0 Å². The average Bonchev–Trinajstić information content (AvgIpc) is 1.88. The van der Waals surface area contributed by atoms with Crippen molar-refractivity contribution < 1.29 is 0 Å². The summed E-state index contributed by atoms with van der Waals surface area (Å²) in [5.41, 5.74) is 0. The van der Waals surface area contributed by atoms with Crippen molar-refractivity contribution in [3.63, 3.8) is 0 Å². The monoisotopic (exact) mass is 159 g/mol. The Kier molecular flexibility index (Phi) is 3.57. The van der Waals surface area contributed by atoms with E-state index in [4.69, 9.17) is 0 Å². The summed E-state index contributed by atoms with van der Waals surface area (Å²) < 4.78 is 0. The second kappa shape index (κ2) is 4.24. The van der Waals surface area contributed by atoms with Crippen LogP contribution >= 0.6 is 11.8 Å². The lowest BCUT2D eigenvalue weighted by atomic mass is 10.0. The Morgan fingerprint density at radius 2 is 2.40 bits per heavy atom. The van der Waals surface area contributed by atoms with Crippen LogP contribution in [-0.2, 0) is 0 Å². The molecule has 60 valence electrons. The zero-order chi connectivity index (χ0) is 7.40. The highest BCUT2D eigenvalue weighted by atomic mass is 32.2. The van der Waals surface area contributed by atoms with Gasteiger partial charge in [-0.15, -0.1) is 0 Å². The molecule has 0 spiro atoms. The Morgan fingerprint density at radius 1 is 1.60 bits per heavy atom. The van der Waals surface area contributed by atoms with Gasteiger partial charge in [-0.3, -0.25) is 0 Å². The minimum atomic E-state index is 0.895. The highest BCUT2D eigenvalue weighted by molar-refractivity contribution is 7.99. The molecule has 2 atom stereocenters. The Morgan fingerprint density at radius 3 is 3.00 bits per heavy atom. The third-order valence-electron chi connectivity index (χ3n) is 2.09. The number of hydrogen-bond acceptors (Lipinski definition) is 2. The van der Waals surface area contributed by atoms with Crippen molar-refractivity contribution in [2.24, 2.45) is 5.92 Å². The lowest BCUT2D eigenvalue weighted by Crippen LogP contribution is -2.25. The molecule has 0 aromatic heterocycles. The quantitative estimate of drug-likeness (QED) is 0.658. The lowest BCUT2D eigenvalue weighted by Gasteiger charge is -2.25. The van der Waals surface area contributed by atoms with Gasteiger partial charge in [0, 0.05) is 5.25 Å². The number of thioether (sulfide) groups is 1. The summed E-state index contributed by atoms with van der Waals surface area (Å²) >= 11 is 2.12. The predicted octanol–water partition coefficient (Wildman–Crippen LogP) is 1.74. The van der Waals surface area contributed by atoms with Crippen molar-refractivity contribution in [1.82, 2.24) is 5.32 Å². The van der Waals surface area contributed by atoms with Gasteiger partial charge < -0.3 is 5.32 Å². The Labute approximate surface area is 68.0 Å². The zero-order valence-electron chi connectivity index (χ0n) is 6.89. The van der Waals surface area contributed by atoms with Gasteiger partial charge in [0.15, 0.2) is 0 Å². The minimum Gasteiger partial charge on any atom is -0.319 e. The van der Waals surface area contributed by atoms with E-state index in [2.05, 4.69) is 24.0 Å². The number of nitrogens with one attached hydrogen (secondary N) is 1. The van der Waals surface area contributed by atoms with Crippen molar-refractivity contribution in [2.45, 2.75) is 25.0 Å². The first-order chi connectivity index (χ1) is 4.83. The topological polar surface area (TPSA) is 12.0 Å². The fourth-order valence-corrected chi connectivity index (χ4v) is 2.85.